The average molecular weight is 294 g/mol. The molecule has 20 heavy (non-hydrogen) atoms. The zero-order valence-corrected chi connectivity index (χ0v) is 12.9. The first kappa shape index (κ1) is 16.6. The smallest absolute Gasteiger partial charge is 0.328 e. The Morgan fingerprint density at radius 2 is 2.20 bits per heavy atom. The third kappa shape index (κ3) is 6.15. The summed E-state index contributed by atoms with van der Waals surface area (Å²) in [6.45, 7) is 2.20. The Morgan fingerprint density at radius 3 is 2.85 bits per heavy atom. The molecule has 0 radical (unpaired) electrons. The molecular formula is C16H22O3S. The van der Waals surface area contributed by atoms with Gasteiger partial charge in [-0.05, 0) is 41.5 Å². The summed E-state index contributed by atoms with van der Waals surface area (Å²) in [7, 11) is 1.64. The van der Waals surface area contributed by atoms with Gasteiger partial charge < -0.3 is 9.84 Å². The summed E-state index contributed by atoms with van der Waals surface area (Å²) in [6.07, 6.45) is 6.53. The lowest BCUT2D eigenvalue weighted by Gasteiger charge is -2.08. The zero-order chi connectivity index (χ0) is 14.8. The quantitative estimate of drug-likeness (QED) is 0.547. The van der Waals surface area contributed by atoms with E-state index in [9.17, 15) is 4.79 Å². The number of benzene rings is 1. The number of unbranched alkanes of at least 4 members (excludes halogenated alkanes) is 2. The molecule has 0 amide bonds. The van der Waals surface area contributed by atoms with Crippen LogP contribution >= 0.6 is 11.8 Å². The van der Waals surface area contributed by atoms with Gasteiger partial charge in [0, 0.05) is 11.8 Å². The summed E-state index contributed by atoms with van der Waals surface area (Å²) in [4.78, 5) is 10.6. The van der Waals surface area contributed by atoms with E-state index in [2.05, 4.69) is 6.92 Å². The molecule has 0 spiro atoms. The third-order valence-corrected chi connectivity index (χ3v) is 4.00. The van der Waals surface area contributed by atoms with E-state index in [0.717, 1.165) is 28.4 Å². The topological polar surface area (TPSA) is 46.5 Å². The molecule has 0 aromatic heterocycles. The van der Waals surface area contributed by atoms with E-state index in [-0.39, 0.29) is 0 Å². The van der Waals surface area contributed by atoms with E-state index in [4.69, 9.17) is 9.84 Å². The van der Waals surface area contributed by atoms with E-state index >= 15 is 0 Å². The van der Waals surface area contributed by atoms with Crippen molar-refractivity contribution in [3.63, 3.8) is 0 Å². The van der Waals surface area contributed by atoms with Crippen molar-refractivity contribution in [3.05, 3.63) is 35.4 Å². The van der Waals surface area contributed by atoms with Crippen LogP contribution in [0, 0.1) is 0 Å². The average Bonchev–Trinajstić information content (AvgIpc) is 2.45. The van der Waals surface area contributed by atoms with Crippen molar-refractivity contribution in [1.29, 1.82) is 0 Å². The van der Waals surface area contributed by atoms with E-state index < -0.39 is 5.97 Å². The van der Waals surface area contributed by atoms with Gasteiger partial charge in [-0.25, -0.2) is 4.79 Å². The molecule has 3 nitrogen and oxygen atoms in total. The second-order valence-corrected chi connectivity index (χ2v) is 5.60. The van der Waals surface area contributed by atoms with Crippen LogP contribution in [0.4, 0.5) is 0 Å². The van der Waals surface area contributed by atoms with Crippen molar-refractivity contribution in [3.8, 4) is 5.75 Å². The van der Waals surface area contributed by atoms with Gasteiger partial charge in [0.25, 0.3) is 0 Å². The number of methoxy groups -OCH3 is 1. The second kappa shape index (κ2) is 9.48. The molecule has 1 aromatic rings. The number of hydrogen-bond donors (Lipinski definition) is 1. The minimum Gasteiger partial charge on any atom is -0.497 e. The summed E-state index contributed by atoms with van der Waals surface area (Å²) < 4.78 is 5.23. The number of rotatable bonds is 9. The molecule has 110 valence electrons. The van der Waals surface area contributed by atoms with Gasteiger partial charge >= 0.3 is 5.97 Å². The normalized spacial score (nSPS) is 10.9. The minimum atomic E-state index is -0.928. The lowest BCUT2D eigenvalue weighted by atomic mass is 10.1. The van der Waals surface area contributed by atoms with Gasteiger partial charge in [0.2, 0.25) is 0 Å². The maximum Gasteiger partial charge on any atom is 0.328 e. The Kier molecular flexibility index (Phi) is 7.88. The SMILES string of the molecule is CCCCCSCc1cc(OC)ccc1/C=C/C(=O)O. The van der Waals surface area contributed by atoms with Crippen LogP contribution in [-0.4, -0.2) is 23.9 Å². The van der Waals surface area contributed by atoms with Crippen LogP contribution in [0.2, 0.25) is 0 Å². The van der Waals surface area contributed by atoms with Crippen LogP contribution < -0.4 is 4.74 Å². The van der Waals surface area contributed by atoms with Crippen molar-refractivity contribution < 1.29 is 14.6 Å². The third-order valence-electron chi connectivity index (χ3n) is 2.91. The number of hydrogen-bond acceptors (Lipinski definition) is 3. The molecule has 0 saturated carbocycles. The Morgan fingerprint density at radius 1 is 1.40 bits per heavy atom. The van der Waals surface area contributed by atoms with Gasteiger partial charge in [0.1, 0.15) is 5.75 Å². The number of thioether (sulfide) groups is 1. The maximum absolute atomic E-state index is 10.6. The number of carboxylic acid groups (broad SMARTS) is 1. The van der Waals surface area contributed by atoms with Crippen molar-refractivity contribution in [2.75, 3.05) is 12.9 Å². The van der Waals surface area contributed by atoms with Gasteiger partial charge in [0.05, 0.1) is 7.11 Å². The molecule has 0 saturated heterocycles. The Bertz CT molecular complexity index is 455. The van der Waals surface area contributed by atoms with Crippen molar-refractivity contribution in [2.24, 2.45) is 0 Å². The first-order chi connectivity index (χ1) is 9.67. The molecule has 0 aliphatic heterocycles. The molecule has 0 fully saturated rings. The molecule has 0 bridgehead atoms. The van der Waals surface area contributed by atoms with Crippen LogP contribution in [-0.2, 0) is 10.5 Å². The fourth-order valence-corrected chi connectivity index (χ4v) is 2.82. The first-order valence-electron chi connectivity index (χ1n) is 6.83. The van der Waals surface area contributed by atoms with Crippen molar-refractivity contribution in [2.45, 2.75) is 31.9 Å². The fourth-order valence-electron chi connectivity index (χ4n) is 1.79. The molecule has 1 N–H and O–H groups in total. The summed E-state index contributed by atoms with van der Waals surface area (Å²) in [5, 5.41) is 8.72. The minimum absolute atomic E-state index is 0.807. The monoisotopic (exact) mass is 294 g/mol. The number of aliphatic carboxylic acids is 1. The van der Waals surface area contributed by atoms with Crippen LogP contribution in [0.15, 0.2) is 24.3 Å². The van der Waals surface area contributed by atoms with Gasteiger partial charge in [-0.1, -0.05) is 25.8 Å². The highest BCUT2D eigenvalue weighted by atomic mass is 32.2. The molecule has 0 atom stereocenters. The number of carboxylic acids is 1. The van der Waals surface area contributed by atoms with Gasteiger partial charge in [-0.15, -0.1) is 0 Å². The van der Waals surface area contributed by atoms with E-state index in [1.165, 1.54) is 25.3 Å². The summed E-state index contributed by atoms with van der Waals surface area (Å²) in [5.41, 5.74) is 2.06. The largest absolute Gasteiger partial charge is 0.497 e. The molecule has 0 aliphatic carbocycles. The van der Waals surface area contributed by atoms with Gasteiger partial charge in [0.15, 0.2) is 0 Å². The summed E-state index contributed by atoms with van der Waals surface area (Å²) in [6, 6.07) is 5.74. The predicted molar refractivity (Wildman–Crippen MR) is 85.4 cm³/mol. The molecule has 0 aliphatic rings. The number of ether oxygens (including phenoxy) is 1. The zero-order valence-electron chi connectivity index (χ0n) is 12.1. The second-order valence-electron chi connectivity index (χ2n) is 4.50. The molecule has 1 rings (SSSR count). The van der Waals surface area contributed by atoms with Crippen molar-refractivity contribution >= 4 is 23.8 Å². The lowest BCUT2D eigenvalue weighted by molar-refractivity contribution is -0.131. The van der Waals surface area contributed by atoms with Crippen LogP contribution in [0.25, 0.3) is 6.08 Å². The van der Waals surface area contributed by atoms with E-state index in [1.54, 1.807) is 13.2 Å². The fraction of sp³-hybridized carbons (Fsp3) is 0.438. The molecule has 1 aromatic carbocycles. The summed E-state index contributed by atoms with van der Waals surface area (Å²) >= 11 is 1.88. The highest BCUT2D eigenvalue weighted by Crippen LogP contribution is 2.24. The van der Waals surface area contributed by atoms with Crippen LogP contribution in [0.1, 0.15) is 37.3 Å². The summed E-state index contributed by atoms with van der Waals surface area (Å²) in [5.74, 6) is 1.89. The van der Waals surface area contributed by atoms with Crippen molar-refractivity contribution in [1.82, 2.24) is 0 Å². The van der Waals surface area contributed by atoms with Crippen LogP contribution in [0.5, 0.6) is 5.75 Å². The van der Waals surface area contributed by atoms with E-state index in [0.29, 0.717) is 0 Å². The van der Waals surface area contributed by atoms with Gasteiger partial charge in [-0.2, -0.15) is 11.8 Å². The Hall–Kier alpha value is -1.42. The number of carbonyl (C=O) groups is 1. The standard InChI is InChI=1S/C16H22O3S/c1-3-4-5-10-20-12-14-11-15(19-2)8-6-13(14)7-9-16(17)18/h6-9,11H,3-5,10,12H2,1-2H3,(H,17,18)/b9-7+. The molecule has 0 heterocycles. The predicted octanol–water partition coefficient (Wildman–Crippen LogP) is 4.22. The Labute approximate surface area is 125 Å². The van der Waals surface area contributed by atoms with E-state index in [1.807, 2.05) is 30.0 Å². The first-order valence-corrected chi connectivity index (χ1v) is 7.98. The lowest BCUT2D eigenvalue weighted by Crippen LogP contribution is -1.92. The van der Waals surface area contributed by atoms with Crippen LogP contribution in [0.3, 0.4) is 0 Å². The van der Waals surface area contributed by atoms with Gasteiger partial charge in [-0.3, -0.25) is 0 Å². The molecule has 4 heteroatoms. The maximum atomic E-state index is 10.6. The molecular weight excluding hydrogens is 272 g/mol. The highest BCUT2D eigenvalue weighted by molar-refractivity contribution is 7.98. The highest BCUT2D eigenvalue weighted by Gasteiger charge is 2.03. The Balaban J connectivity index is 2.70. The molecule has 0 unspecified atom stereocenters.